The monoisotopic (exact) mass is 716 g/mol. The molecule has 0 fully saturated rings. The molecule has 0 radical (unpaired) electrons. The molecule has 0 aliphatic heterocycles. The van der Waals surface area contributed by atoms with E-state index >= 15 is 0 Å². The van der Waals surface area contributed by atoms with E-state index in [1.54, 1.807) is 54.6 Å². The molecule has 0 saturated heterocycles. The van der Waals surface area contributed by atoms with Gasteiger partial charge in [-0.3, -0.25) is 0 Å². The fraction of sp³-hybridized carbons (Fsp3) is 0. The number of fused-ring (bicyclic) bond motifs is 5. The summed E-state index contributed by atoms with van der Waals surface area (Å²) in [5.74, 6) is -7.57. The third-order valence-electron chi connectivity index (χ3n) is 10.1. The third kappa shape index (κ3) is 4.40. The van der Waals surface area contributed by atoms with Crippen molar-refractivity contribution in [3.8, 4) is 96.3 Å². The van der Waals surface area contributed by atoms with Crippen molar-refractivity contribution in [3.63, 3.8) is 0 Å². The van der Waals surface area contributed by atoms with Gasteiger partial charge in [0.1, 0.15) is 11.2 Å². The summed E-state index contributed by atoms with van der Waals surface area (Å²) >= 11 is 0. The van der Waals surface area contributed by atoms with Gasteiger partial charge in [-0.25, -0.2) is 0 Å². The van der Waals surface area contributed by atoms with E-state index in [4.69, 9.17) is 4.42 Å². The largest absolute Gasteiger partial charge is 0.504 e. The average Bonchev–Trinajstić information content (AvgIpc) is 3.58. The highest BCUT2D eigenvalue weighted by atomic mass is 16.4. The molecule has 9 rings (SSSR count). The highest BCUT2D eigenvalue weighted by Gasteiger charge is 2.30. The molecule has 1 heterocycles. The maximum absolute atomic E-state index is 11.6. The van der Waals surface area contributed by atoms with Gasteiger partial charge in [0.2, 0.25) is 28.7 Å². The van der Waals surface area contributed by atoms with Crippen molar-refractivity contribution in [3.05, 3.63) is 115 Å². The Kier molecular flexibility index (Phi) is 6.95. The van der Waals surface area contributed by atoms with Crippen LogP contribution in [0.25, 0.3) is 88.0 Å². The predicted octanol–water partition coefficient (Wildman–Crippen LogP) is 9.91. The van der Waals surface area contributed by atoms with Crippen LogP contribution >= 0.6 is 0 Å². The maximum atomic E-state index is 11.6. The molecule has 9 aromatic rings. The Labute approximate surface area is 304 Å². The predicted molar refractivity (Wildman–Crippen MR) is 205 cm³/mol. The molecule has 10 heteroatoms. The quantitative estimate of drug-likeness (QED) is 0.0480. The lowest BCUT2D eigenvalue weighted by molar-refractivity contribution is 0.330. The van der Waals surface area contributed by atoms with Crippen molar-refractivity contribution in [1.29, 1.82) is 0 Å². The molecule has 0 atom stereocenters. The first-order chi connectivity index (χ1) is 26.1. The van der Waals surface area contributed by atoms with E-state index in [-0.39, 0.29) is 22.3 Å². The Morgan fingerprint density at radius 3 is 1.35 bits per heavy atom. The van der Waals surface area contributed by atoms with Gasteiger partial charge in [0, 0.05) is 27.5 Å². The van der Waals surface area contributed by atoms with Gasteiger partial charge in [0.25, 0.3) is 0 Å². The van der Waals surface area contributed by atoms with Gasteiger partial charge in [-0.1, -0.05) is 97.1 Å². The van der Waals surface area contributed by atoms with E-state index in [0.717, 1.165) is 27.3 Å². The van der Waals surface area contributed by atoms with Gasteiger partial charge >= 0.3 is 0 Å². The first-order valence-corrected chi connectivity index (χ1v) is 16.7. The van der Waals surface area contributed by atoms with Gasteiger partial charge in [-0.05, 0) is 62.0 Å². The fourth-order valence-electron chi connectivity index (χ4n) is 7.66. The molecule has 9 N–H and O–H groups in total. The van der Waals surface area contributed by atoms with Crippen LogP contribution in [0.3, 0.4) is 0 Å². The summed E-state index contributed by atoms with van der Waals surface area (Å²) in [5.41, 5.74) is 3.65. The summed E-state index contributed by atoms with van der Waals surface area (Å²) in [6.07, 6.45) is 0. The Bertz CT molecular complexity index is 2950. The number of aromatic hydroxyl groups is 9. The summed E-state index contributed by atoms with van der Waals surface area (Å²) in [7, 11) is 0. The zero-order valence-electron chi connectivity index (χ0n) is 27.9. The minimum Gasteiger partial charge on any atom is -0.504 e. The lowest BCUT2D eigenvalue weighted by Gasteiger charge is -2.22. The number of hydrogen-bond acceptors (Lipinski definition) is 10. The van der Waals surface area contributed by atoms with E-state index in [9.17, 15) is 46.0 Å². The van der Waals surface area contributed by atoms with Crippen LogP contribution in [0.15, 0.2) is 120 Å². The standard InChI is InChI=1S/C44H28O10/c45-36-30(20-9-2-1-3-10-20)35(39(48)43(52)40(36)49)34-24-13-6-4-11-22(24)32(23-12-5-7-14-25(23)34)27-15-8-16-28-33(27)26-18-17-21(19-29(26)54-28)31-37(46)41(50)44(53)42(51)38(31)47/h1-19,45-53H. The summed E-state index contributed by atoms with van der Waals surface area (Å²) < 4.78 is 6.33. The lowest BCUT2D eigenvalue weighted by atomic mass is 9.82. The average molecular weight is 717 g/mol. The zero-order chi connectivity index (χ0) is 37.6. The van der Waals surface area contributed by atoms with E-state index in [2.05, 4.69) is 0 Å². The van der Waals surface area contributed by atoms with Crippen molar-refractivity contribution in [1.82, 2.24) is 0 Å². The topological polar surface area (TPSA) is 195 Å². The summed E-state index contributed by atoms with van der Waals surface area (Å²) in [6, 6.07) is 34.4. The normalized spacial score (nSPS) is 11.6. The Balaban J connectivity index is 1.37. The Hall–Kier alpha value is -7.72. The van der Waals surface area contributed by atoms with Crippen LogP contribution < -0.4 is 0 Å². The van der Waals surface area contributed by atoms with Crippen molar-refractivity contribution < 1.29 is 50.4 Å². The molecule has 0 unspecified atom stereocenters. The van der Waals surface area contributed by atoms with Crippen molar-refractivity contribution in [2.24, 2.45) is 0 Å². The summed E-state index contributed by atoms with van der Waals surface area (Å²) in [4.78, 5) is 0. The zero-order valence-corrected chi connectivity index (χ0v) is 27.9. The van der Waals surface area contributed by atoms with E-state index in [0.29, 0.717) is 38.5 Å². The van der Waals surface area contributed by atoms with Crippen LogP contribution in [0.2, 0.25) is 0 Å². The first kappa shape index (κ1) is 32.2. The van der Waals surface area contributed by atoms with Gasteiger partial charge < -0.3 is 50.4 Å². The molecule has 0 aliphatic rings. The van der Waals surface area contributed by atoms with Gasteiger partial charge in [-0.15, -0.1) is 0 Å². The number of rotatable bonds is 4. The third-order valence-corrected chi connectivity index (χ3v) is 10.1. The van der Waals surface area contributed by atoms with E-state index < -0.39 is 51.7 Å². The van der Waals surface area contributed by atoms with Crippen LogP contribution in [-0.4, -0.2) is 46.0 Å². The van der Waals surface area contributed by atoms with Crippen molar-refractivity contribution >= 4 is 43.5 Å². The fourth-order valence-corrected chi connectivity index (χ4v) is 7.66. The molecule has 0 amide bonds. The number of furan rings is 1. The van der Waals surface area contributed by atoms with Crippen LogP contribution in [0, 0.1) is 0 Å². The molecule has 10 nitrogen and oxygen atoms in total. The van der Waals surface area contributed by atoms with Crippen LogP contribution in [0.1, 0.15) is 0 Å². The van der Waals surface area contributed by atoms with Crippen LogP contribution in [-0.2, 0) is 0 Å². The molecule has 8 aromatic carbocycles. The number of benzene rings is 8. The second-order valence-corrected chi connectivity index (χ2v) is 13.0. The lowest BCUT2D eigenvalue weighted by Crippen LogP contribution is -1.94. The molecule has 54 heavy (non-hydrogen) atoms. The van der Waals surface area contributed by atoms with Crippen LogP contribution in [0.5, 0.6) is 51.7 Å². The second-order valence-electron chi connectivity index (χ2n) is 13.0. The van der Waals surface area contributed by atoms with E-state index in [1.165, 1.54) is 0 Å². The molecular formula is C44H28O10. The van der Waals surface area contributed by atoms with Crippen molar-refractivity contribution in [2.75, 3.05) is 0 Å². The molecule has 1 aromatic heterocycles. The molecule has 264 valence electrons. The number of phenolic OH excluding ortho intramolecular Hbond substituents is 9. The number of hydrogen-bond donors (Lipinski definition) is 9. The minimum absolute atomic E-state index is 0.130. The Morgan fingerprint density at radius 2 is 0.778 bits per heavy atom. The summed E-state index contributed by atoms with van der Waals surface area (Å²) in [6.45, 7) is 0. The smallest absolute Gasteiger partial charge is 0.208 e. The highest BCUT2D eigenvalue weighted by Crippen LogP contribution is 2.59. The molecule has 0 saturated carbocycles. The second kappa shape index (κ2) is 11.7. The first-order valence-electron chi connectivity index (χ1n) is 16.7. The van der Waals surface area contributed by atoms with Gasteiger partial charge in [-0.2, -0.15) is 0 Å². The highest BCUT2D eigenvalue weighted by molar-refractivity contribution is 6.27. The molecule has 0 aliphatic carbocycles. The van der Waals surface area contributed by atoms with Gasteiger partial charge in [0.15, 0.2) is 23.0 Å². The SMILES string of the molecule is Oc1c(O)c(O)c(-c2ccc3c(c2)oc2cccc(-c4c5ccccc5c(-c5c(O)c(O)c(O)c(O)c5-c5ccccc5)c5ccccc45)c23)c(O)c1O. The Morgan fingerprint density at radius 1 is 0.296 bits per heavy atom. The minimum atomic E-state index is -1.06. The summed E-state index contributed by atoms with van der Waals surface area (Å²) in [5, 5.41) is 100. The van der Waals surface area contributed by atoms with E-state index in [1.807, 2.05) is 60.7 Å². The van der Waals surface area contributed by atoms with Crippen molar-refractivity contribution in [2.45, 2.75) is 0 Å². The molecule has 0 spiro atoms. The van der Waals surface area contributed by atoms with Gasteiger partial charge in [0.05, 0.1) is 5.56 Å². The number of phenols is 9. The van der Waals surface area contributed by atoms with Crippen LogP contribution in [0.4, 0.5) is 0 Å². The molecular weight excluding hydrogens is 688 g/mol. The molecule has 0 bridgehead atoms. The maximum Gasteiger partial charge on any atom is 0.208 e.